The van der Waals surface area contributed by atoms with Crippen LogP contribution in [-0.4, -0.2) is 23.7 Å². The Morgan fingerprint density at radius 3 is 2.57 bits per heavy atom. The van der Waals surface area contributed by atoms with Gasteiger partial charge < -0.3 is 4.74 Å². The number of amides is 1. The number of rotatable bonds is 3. The molecule has 2 bridgehead atoms. The van der Waals surface area contributed by atoms with Crippen molar-refractivity contribution in [2.75, 3.05) is 0 Å². The number of nitrogens with zero attached hydrogens (tertiary/aromatic N) is 1. The molecule has 2 aliphatic rings. The number of halogens is 1. The summed E-state index contributed by atoms with van der Waals surface area (Å²) in [5, 5.41) is 4.52. The quantitative estimate of drug-likeness (QED) is 0.525. The maximum absolute atomic E-state index is 12.7. The van der Waals surface area contributed by atoms with Gasteiger partial charge in [0.2, 0.25) is 0 Å². The van der Waals surface area contributed by atoms with E-state index >= 15 is 0 Å². The van der Waals surface area contributed by atoms with Gasteiger partial charge in [-0.05, 0) is 25.8 Å². The van der Waals surface area contributed by atoms with Crippen LogP contribution < -0.4 is 5.43 Å². The number of fused-ring (bicyclic) bond motifs is 2. The third kappa shape index (κ3) is 2.02. The van der Waals surface area contributed by atoms with E-state index in [0.29, 0.717) is 23.4 Å². The Hall–Kier alpha value is -1.88. The number of carbonyl (C=O) groups excluding carboxylic acids is 2. The molecule has 1 amide bonds. The van der Waals surface area contributed by atoms with Crippen molar-refractivity contribution in [2.45, 2.75) is 39.2 Å². The first-order chi connectivity index (χ1) is 10.7. The molecule has 1 saturated carbocycles. The number of hydrazone groups is 1. The molecule has 1 aromatic carbocycles. The fourth-order valence-electron chi connectivity index (χ4n) is 3.58. The van der Waals surface area contributed by atoms with Gasteiger partial charge in [-0.1, -0.05) is 43.6 Å². The van der Waals surface area contributed by atoms with Crippen LogP contribution in [0.3, 0.4) is 0 Å². The molecule has 1 aliphatic heterocycles. The lowest BCUT2D eigenvalue weighted by molar-refractivity contribution is -0.168. The van der Waals surface area contributed by atoms with Gasteiger partial charge in [0, 0.05) is 16.0 Å². The van der Waals surface area contributed by atoms with Gasteiger partial charge in [0.25, 0.3) is 5.91 Å². The second-order valence-corrected chi connectivity index (χ2v) is 7.30. The van der Waals surface area contributed by atoms with Crippen LogP contribution >= 0.6 is 11.6 Å². The summed E-state index contributed by atoms with van der Waals surface area (Å²) in [5.41, 5.74) is 0.840. The Kier molecular flexibility index (Phi) is 3.52. The lowest BCUT2D eigenvalue weighted by atomic mass is 9.66. The topological polar surface area (TPSA) is 67.8 Å². The fourth-order valence-corrected chi connectivity index (χ4v) is 3.76. The monoisotopic (exact) mass is 334 g/mol. The maximum atomic E-state index is 12.7. The molecule has 0 radical (unpaired) electrons. The molecule has 5 nitrogen and oxygen atoms in total. The minimum absolute atomic E-state index is 0.306. The smallest absolute Gasteiger partial charge is 0.313 e. The summed E-state index contributed by atoms with van der Waals surface area (Å²) in [6.07, 6.45) is 2.63. The van der Waals surface area contributed by atoms with E-state index in [1.807, 2.05) is 32.9 Å². The van der Waals surface area contributed by atoms with E-state index in [0.717, 1.165) is 0 Å². The molecule has 6 heteroatoms. The molecule has 1 aromatic rings. The predicted molar refractivity (Wildman–Crippen MR) is 87.1 cm³/mol. The van der Waals surface area contributed by atoms with Gasteiger partial charge in [-0.15, -0.1) is 0 Å². The van der Waals surface area contributed by atoms with Gasteiger partial charge in [0.1, 0.15) is 0 Å². The Balaban J connectivity index is 1.79. The first-order valence-corrected chi connectivity index (χ1v) is 7.94. The van der Waals surface area contributed by atoms with Gasteiger partial charge in [-0.3, -0.25) is 9.59 Å². The molecule has 1 heterocycles. The van der Waals surface area contributed by atoms with Crippen LogP contribution in [0.2, 0.25) is 5.02 Å². The minimum Gasteiger partial charge on any atom is -0.448 e. The number of carbonyl (C=O) groups is 2. The van der Waals surface area contributed by atoms with Crippen molar-refractivity contribution in [3.8, 4) is 0 Å². The van der Waals surface area contributed by atoms with E-state index < -0.39 is 16.4 Å². The zero-order chi connectivity index (χ0) is 16.9. The molecule has 2 fully saturated rings. The van der Waals surface area contributed by atoms with Crippen molar-refractivity contribution in [3.05, 3.63) is 34.9 Å². The number of esters is 1. The molecule has 23 heavy (non-hydrogen) atoms. The SMILES string of the molecule is CC12CCC(C(=O)NN=Cc3ccccc3Cl)(OC1=O)C2(C)C. The average molecular weight is 335 g/mol. The highest BCUT2D eigenvalue weighted by Gasteiger charge is 2.75. The highest BCUT2D eigenvalue weighted by atomic mass is 35.5. The highest BCUT2D eigenvalue weighted by Crippen LogP contribution is 2.65. The molecule has 0 aromatic heterocycles. The van der Waals surface area contributed by atoms with E-state index in [-0.39, 0.29) is 11.9 Å². The Labute approximate surface area is 140 Å². The van der Waals surface area contributed by atoms with E-state index in [1.54, 1.807) is 12.1 Å². The number of ether oxygens (including phenoxy) is 1. The molecule has 122 valence electrons. The molecule has 1 N–H and O–H groups in total. The summed E-state index contributed by atoms with van der Waals surface area (Å²) in [6.45, 7) is 5.68. The number of benzene rings is 1. The van der Waals surface area contributed by atoms with Crippen LogP contribution in [0.5, 0.6) is 0 Å². The largest absolute Gasteiger partial charge is 0.448 e. The number of nitrogens with one attached hydrogen (secondary N) is 1. The van der Waals surface area contributed by atoms with Crippen LogP contribution in [0.25, 0.3) is 0 Å². The highest BCUT2D eigenvalue weighted by molar-refractivity contribution is 6.33. The summed E-state index contributed by atoms with van der Waals surface area (Å²) in [6, 6.07) is 7.19. The second kappa shape index (κ2) is 5.06. The van der Waals surface area contributed by atoms with Crippen molar-refractivity contribution in [3.63, 3.8) is 0 Å². The second-order valence-electron chi connectivity index (χ2n) is 6.89. The van der Waals surface area contributed by atoms with Crippen LogP contribution in [0.1, 0.15) is 39.2 Å². The third-order valence-corrected chi connectivity index (χ3v) is 6.07. The van der Waals surface area contributed by atoms with Gasteiger partial charge in [0.05, 0.1) is 11.6 Å². The standard InChI is InChI=1S/C17H19ClN2O3/c1-15(2)16(3)8-9-17(15,23-14(16)22)13(21)20-19-10-11-6-4-5-7-12(11)18/h4-7,10H,8-9H2,1-3H3,(H,20,21). The Morgan fingerprint density at radius 2 is 2.00 bits per heavy atom. The van der Waals surface area contributed by atoms with Crippen LogP contribution in [0.15, 0.2) is 29.4 Å². The number of hydrogen-bond donors (Lipinski definition) is 1. The molecule has 2 unspecified atom stereocenters. The first-order valence-electron chi connectivity index (χ1n) is 7.56. The summed E-state index contributed by atoms with van der Waals surface area (Å²) < 4.78 is 5.50. The van der Waals surface area contributed by atoms with Crippen molar-refractivity contribution in [2.24, 2.45) is 15.9 Å². The normalized spacial score (nSPS) is 31.4. The maximum Gasteiger partial charge on any atom is 0.313 e. The van der Waals surface area contributed by atoms with Gasteiger partial charge >= 0.3 is 5.97 Å². The lowest BCUT2D eigenvalue weighted by Crippen LogP contribution is -2.52. The summed E-state index contributed by atoms with van der Waals surface area (Å²) in [5.74, 6) is -0.695. The summed E-state index contributed by atoms with van der Waals surface area (Å²) >= 11 is 6.04. The third-order valence-electron chi connectivity index (χ3n) is 5.73. The van der Waals surface area contributed by atoms with Crippen molar-refractivity contribution >= 4 is 29.7 Å². The van der Waals surface area contributed by atoms with Crippen LogP contribution in [0, 0.1) is 10.8 Å². The molecular weight excluding hydrogens is 316 g/mol. The Morgan fingerprint density at radius 1 is 1.30 bits per heavy atom. The van der Waals surface area contributed by atoms with Gasteiger partial charge in [-0.25, -0.2) is 5.43 Å². The average Bonchev–Trinajstić information content (AvgIpc) is 2.79. The van der Waals surface area contributed by atoms with E-state index in [1.165, 1.54) is 6.21 Å². The van der Waals surface area contributed by atoms with Crippen molar-refractivity contribution in [1.29, 1.82) is 0 Å². The number of hydrogen-bond acceptors (Lipinski definition) is 4. The Bertz CT molecular complexity index is 716. The first kappa shape index (κ1) is 16.0. The lowest BCUT2D eigenvalue weighted by Gasteiger charge is -2.34. The predicted octanol–water partition coefficient (Wildman–Crippen LogP) is 2.91. The molecule has 1 saturated heterocycles. The van der Waals surface area contributed by atoms with Crippen molar-refractivity contribution < 1.29 is 14.3 Å². The van der Waals surface area contributed by atoms with Crippen LogP contribution in [-0.2, 0) is 14.3 Å². The van der Waals surface area contributed by atoms with E-state index in [9.17, 15) is 9.59 Å². The zero-order valence-electron chi connectivity index (χ0n) is 13.4. The molecule has 2 atom stereocenters. The minimum atomic E-state index is -1.16. The van der Waals surface area contributed by atoms with Gasteiger partial charge in [0.15, 0.2) is 5.60 Å². The zero-order valence-corrected chi connectivity index (χ0v) is 14.1. The molecule has 0 spiro atoms. The van der Waals surface area contributed by atoms with E-state index in [2.05, 4.69) is 10.5 Å². The van der Waals surface area contributed by atoms with Crippen LogP contribution in [0.4, 0.5) is 0 Å². The molecule has 3 rings (SSSR count). The van der Waals surface area contributed by atoms with Gasteiger partial charge in [-0.2, -0.15) is 5.10 Å². The van der Waals surface area contributed by atoms with Crippen molar-refractivity contribution in [1.82, 2.24) is 5.43 Å². The summed E-state index contributed by atoms with van der Waals surface area (Å²) in [7, 11) is 0. The molecular formula is C17H19ClN2O3. The molecule has 1 aliphatic carbocycles. The summed E-state index contributed by atoms with van der Waals surface area (Å²) in [4.78, 5) is 24.8. The van der Waals surface area contributed by atoms with E-state index in [4.69, 9.17) is 16.3 Å². The fraction of sp³-hybridized carbons (Fsp3) is 0.471.